The highest BCUT2D eigenvalue weighted by molar-refractivity contribution is 5.63. The van der Waals surface area contributed by atoms with Crippen LogP contribution in [0.2, 0.25) is 0 Å². The largest absolute Gasteiger partial charge is 0.339 e. The molecule has 1 aromatic carbocycles. The van der Waals surface area contributed by atoms with Crippen molar-refractivity contribution in [3.63, 3.8) is 0 Å². The summed E-state index contributed by atoms with van der Waals surface area (Å²) in [5.41, 5.74) is 7.41. The molecule has 1 aliphatic rings. The number of nitro benzene ring substituents is 1. The molecule has 2 aromatic rings. The normalized spacial score (nSPS) is 21.6. The van der Waals surface area contributed by atoms with E-state index in [1.165, 1.54) is 12.1 Å². The third-order valence-corrected chi connectivity index (χ3v) is 3.94. The Kier molecular flexibility index (Phi) is 3.42. The van der Waals surface area contributed by atoms with E-state index in [9.17, 15) is 10.1 Å². The summed E-state index contributed by atoms with van der Waals surface area (Å²) in [6.07, 6.45) is 2.74. The molecule has 1 heterocycles. The molecule has 1 saturated carbocycles. The third-order valence-electron chi connectivity index (χ3n) is 3.94. The van der Waals surface area contributed by atoms with Crippen LogP contribution in [0.1, 0.15) is 36.6 Å². The van der Waals surface area contributed by atoms with Crippen LogP contribution >= 0.6 is 0 Å². The molecule has 7 heteroatoms. The Bertz CT molecular complexity index is 683. The van der Waals surface area contributed by atoms with E-state index < -0.39 is 4.92 Å². The van der Waals surface area contributed by atoms with E-state index in [1.807, 2.05) is 6.92 Å². The van der Waals surface area contributed by atoms with E-state index in [1.54, 1.807) is 6.07 Å². The Morgan fingerprint density at radius 2 is 2.24 bits per heavy atom. The van der Waals surface area contributed by atoms with Crippen LogP contribution in [-0.4, -0.2) is 21.1 Å². The summed E-state index contributed by atoms with van der Waals surface area (Å²) in [6.45, 7) is 1.86. The molecule has 0 bridgehead atoms. The van der Waals surface area contributed by atoms with Gasteiger partial charge < -0.3 is 10.3 Å². The molecular formula is C14H16N4O3. The van der Waals surface area contributed by atoms with Gasteiger partial charge in [-0.3, -0.25) is 10.1 Å². The summed E-state index contributed by atoms with van der Waals surface area (Å²) in [4.78, 5) is 14.8. The van der Waals surface area contributed by atoms with E-state index in [0.29, 0.717) is 17.3 Å². The highest BCUT2D eigenvalue weighted by Crippen LogP contribution is 2.34. The van der Waals surface area contributed by atoms with Crippen LogP contribution in [0.15, 0.2) is 22.7 Å². The minimum atomic E-state index is -0.431. The van der Waals surface area contributed by atoms with Crippen LogP contribution in [0.3, 0.4) is 0 Å². The van der Waals surface area contributed by atoms with Gasteiger partial charge in [-0.1, -0.05) is 11.2 Å². The summed E-state index contributed by atoms with van der Waals surface area (Å²) in [7, 11) is 0. The maximum Gasteiger partial charge on any atom is 0.270 e. The van der Waals surface area contributed by atoms with Crippen molar-refractivity contribution in [2.75, 3.05) is 0 Å². The molecule has 0 aliphatic heterocycles. The van der Waals surface area contributed by atoms with Crippen molar-refractivity contribution in [1.29, 1.82) is 0 Å². The number of benzene rings is 1. The van der Waals surface area contributed by atoms with Crippen molar-refractivity contribution in [1.82, 2.24) is 10.1 Å². The van der Waals surface area contributed by atoms with Gasteiger partial charge in [0.2, 0.25) is 11.7 Å². The van der Waals surface area contributed by atoms with Crippen molar-refractivity contribution in [3.05, 3.63) is 39.8 Å². The first kappa shape index (κ1) is 13.7. The molecule has 110 valence electrons. The first-order valence-electron chi connectivity index (χ1n) is 6.89. The molecule has 1 aliphatic carbocycles. The van der Waals surface area contributed by atoms with Crippen LogP contribution < -0.4 is 5.73 Å². The quantitative estimate of drug-likeness (QED) is 0.686. The first-order chi connectivity index (χ1) is 10.0. The maximum absolute atomic E-state index is 10.9. The molecule has 0 amide bonds. The lowest BCUT2D eigenvalue weighted by molar-refractivity contribution is -0.384. The molecule has 2 atom stereocenters. The average Bonchev–Trinajstić information content (AvgIpc) is 3.07. The number of hydrogen-bond acceptors (Lipinski definition) is 6. The fraction of sp³-hybridized carbons (Fsp3) is 0.429. The van der Waals surface area contributed by atoms with Crippen molar-refractivity contribution >= 4 is 5.69 Å². The highest BCUT2D eigenvalue weighted by Gasteiger charge is 2.28. The predicted molar refractivity (Wildman–Crippen MR) is 75.7 cm³/mol. The lowest BCUT2D eigenvalue weighted by Crippen LogP contribution is -2.14. The standard InChI is InChI=1S/C14H16N4O3/c1-8-2-5-11(18(19)20)7-12(8)13-16-14(21-17-13)9-3-4-10(15)6-9/h2,5,7,9-10H,3-4,6,15H2,1H3/t9-,10+/m1/s1. The van der Waals surface area contributed by atoms with Gasteiger partial charge in [-0.05, 0) is 31.7 Å². The van der Waals surface area contributed by atoms with Crippen LogP contribution in [0, 0.1) is 17.0 Å². The van der Waals surface area contributed by atoms with E-state index in [4.69, 9.17) is 10.3 Å². The first-order valence-corrected chi connectivity index (χ1v) is 6.89. The number of nitro groups is 1. The van der Waals surface area contributed by atoms with Crippen LogP contribution in [0.25, 0.3) is 11.4 Å². The summed E-state index contributed by atoms with van der Waals surface area (Å²) in [5.74, 6) is 1.16. The Morgan fingerprint density at radius 3 is 2.90 bits per heavy atom. The van der Waals surface area contributed by atoms with Crippen LogP contribution in [0.4, 0.5) is 5.69 Å². The minimum absolute atomic E-state index is 0.0184. The summed E-state index contributed by atoms with van der Waals surface area (Å²) >= 11 is 0. The molecule has 21 heavy (non-hydrogen) atoms. The zero-order valence-corrected chi connectivity index (χ0v) is 11.7. The average molecular weight is 288 g/mol. The number of aromatic nitrogens is 2. The molecule has 3 rings (SSSR count). The number of rotatable bonds is 3. The molecule has 1 fully saturated rings. The fourth-order valence-electron chi connectivity index (χ4n) is 2.72. The topological polar surface area (TPSA) is 108 Å². The second kappa shape index (κ2) is 5.25. The van der Waals surface area contributed by atoms with Gasteiger partial charge in [0.25, 0.3) is 5.69 Å². The summed E-state index contributed by atoms with van der Waals surface area (Å²) < 4.78 is 5.32. The predicted octanol–water partition coefficient (Wildman–Crippen LogP) is 2.55. The van der Waals surface area contributed by atoms with Gasteiger partial charge in [-0.25, -0.2) is 0 Å². The van der Waals surface area contributed by atoms with Crippen molar-refractivity contribution in [2.24, 2.45) is 5.73 Å². The van der Waals surface area contributed by atoms with Gasteiger partial charge in [0.05, 0.1) is 4.92 Å². The Labute approximate surface area is 121 Å². The van der Waals surface area contributed by atoms with Crippen LogP contribution in [0.5, 0.6) is 0 Å². The molecule has 0 saturated heterocycles. The molecule has 7 nitrogen and oxygen atoms in total. The maximum atomic E-state index is 10.9. The summed E-state index contributed by atoms with van der Waals surface area (Å²) in [6, 6.07) is 4.82. The zero-order valence-electron chi connectivity index (χ0n) is 11.7. The number of nitrogens with zero attached hydrogens (tertiary/aromatic N) is 3. The molecule has 1 aromatic heterocycles. The molecule has 0 radical (unpaired) electrons. The molecule has 0 unspecified atom stereocenters. The zero-order chi connectivity index (χ0) is 15.0. The SMILES string of the molecule is Cc1ccc([N+](=O)[O-])cc1-c1noc([C@@H]2CC[C@H](N)C2)n1. The van der Waals surface area contributed by atoms with E-state index in [2.05, 4.69) is 10.1 Å². The van der Waals surface area contributed by atoms with E-state index in [-0.39, 0.29) is 17.6 Å². The fourth-order valence-corrected chi connectivity index (χ4v) is 2.72. The van der Waals surface area contributed by atoms with Crippen molar-refractivity contribution in [3.8, 4) is 11.4 Å². The molecular weight excluding hydrogens is 272 g/mol. The van der Waals surface area contributed by atoms with Crippen molar-refractivity contribution < 1.29 is 9.45 Å². The Morgan fingerprint density at radius 1 is 1.43 bits per heavy atom. The van der Waals surface area contributed by atoms with Gasteiger partial charge in [-0.2, -0.15) is 4.98 Å². The second-order valence-electron chi connectivity index (χ2n) is 5.48. The Hall–Kier alpha value is -2.28. The van der Waals surface area contributed by atoms with Gasteiger partial charge in [-0.15, -0.1) is 0 Å². The Balaban J connectivity index is 1.92. The monoisotopic (exact) mass is 288 g/mol. The van der Waals surface area contributed by atoms with Crippen molar-refractivity contribution in [2.45, 2.75) is 38.1 Å². The third kappa shape index (κ3) is 2.64. The smallest absolute Gasteiger partial charge is 0.270 e. The van der Waals surface area contributed by atoms with Gasteiger partial charge in [0, 0.05) is 29.7 Å². The van der Waals surface area contributed by atoms with E-state index >= 15 is 0 Å². The second-order valence-corrected chi connectivity index (χ2v) is 5.48. The number of nitrogens with two attached hydrogens (primary N) is 1. The molecule has 0 spiro atoms. The minimum Gasteiger partial charge on any atom is -0.339 e. The number of non-ortho nitro benzene ring substituents is 1. The molecule has 2 N–H and O–H groups in total. The van der Waals surface area contributed by atoms with Crippen LogP contribution in [-0.2, 0) is 0 Å². The lowest BCUT2D eigenvalue weighted by atomic mass is 10.1. The summed E-state index contributed by atoms with van der Waals surface area (Å²) in [5, 5.41) is 14.8. The van der Waals surface area contributed by atoms with Gasteiger partial charge in [0.15, 0.2) is 0 Å². The number of aryl methyl sites for hydroxylation is 1. The van der Waals surface area contributed by atoms with Gasteiger partial charge in [0.1, 0.15) is 0 Å². The highest BCUT2D eigenvalue weighted by atomic mass is 16.6. The lowest BCUT2D eigenvalue weighted by Gasteiger charge is -2.02. The number of hydrogen-bond donors (Lipinski definition) is 1. The van der Waals surface area contributed by atoms with E-state index in [0.717, 1.165) is 24.8 Å². The van der Waals surface area contributed by atoms with Gasteiger partial charge >= 0.3 is 0 Å².